The largest absolute Gasteiger partial charge is 0.376 e. The fourth-order valence-corrected chi connectivity index (χ4v) is 2.57. The van der Waals surface area contributed by atoms with Crippen molar-refractivity contribution in [1.82, 2.24) is 0 Å². The van der Waals surface area contributed by atoms with E-state index in [1.807, 2.05) is 32.0 Å². The lowest BCUT2D eigenvalue weighted by Gasteiger charge is -2.13. The molecule has 3 amide bonds. The minimum Gasteiger partial charge on any atom is -0.376 e. The highest BCUT2D eigenvalue weighted by molar-refractivity contribution is 5.96. The zero-order chi connectivity index (χ0) is 21.4. The lowest BCUT2D eigenvalue weighted by atomic mass is 10.1. The highest BCUT2D eigenvalue weighted by atomic mass is 16.2. The maximum atomic E-state index is 12.3. The molecular formula is C22H28N4O3. The summed E-state index contributed by atoms with van der Waals surface area (Å²) in [6.45, 7) is 7.45. The number of rotatable bonds is 8. The van der Waals surface area contributed by atoms with Gasteiger partial charge < -0.3 is 21.3 Å². The third-order valence-electron chi connectivity index (χ3n) is 4.40. The van der Waals surface area contributed by atoms with Crippen molar-refractivity contribution in [2.75, 3.05) is 27.8 Å². The van der Waals surface area contributed by atoms with Crippen molar-refractivity contribution in [3.8, 4) is 0 Å². The third-order valence-corrected chi connectivity index (χ3v) is 4.40. The Balaban J connectivity index is 1.98. The molecule has 0 bridgehead atoms. The molecule has 0 spiro atoms. The van der Waals surface area contributed by atoms with Crippen LogP contribution in [0.3, 0.4) is 0 Å². The zero-order valence-corrected chi connectivity index (χ0v) is 17.3. The molecule has 0 heterocycles. The molecule has 2 rings (SSSR count). The van der Waals surface area contributed by atoms with Crippen LogP contribution in [0, 0.1) is 13.8 Å². The molecule has 7 nitrogen and oxygen atoms in total. The first-order valence-electron chi connectivity index (χ1n) is 9.67. The molecule has 0 aliphatic heterocycles. The average molecular weight is 396 g/mol. The number of aryl methyl sites for hydroxylation is 2. The highest BCUT2D eigenvalue weighted by Crippen LogP contribution is 2.22. The van der Waals surface area contributed by atoms with Crippen LogP contribution in [-0.2, 0) is 14.4 Å². The van der Waals surface area contributed by atoms with Crippen LogP contribution in [0.1, 0.15) is 37.8 Å². The molecule has 2 aromatic rings. The van der Waals surface area contributed by atoms with E-state index in [4.69, 9.17) is 0 Å². The number of carbonyl (C=O) groups excluding carboxylic acids is 3. The molecule has 4 N–H and O–H groups in total. The second-order valence-corrected chi connectivity index (χ2v) is 6.76. The van der Waals surface area contributed by atoms with Crippen molar-refractivity contribution in [1.29, 1.82) is 0 Å². The number of hydrogen-bond acceptors (Lipinski definition) is 4. The Morgan fingerprint density at radius 1 is 0.690 bits per heavy atom. The van der Waals surface area contributed by atoms with Crippen LogP contribution < -0.4 is 21.3 Å². The molecule has 0 saturated heterocycles. The molecule has 7 heteroatoms. The van der Waals surface area contributed by atoms with Crippen LogP contribution in [0.15, 0.2) is 36.4 Å². The van der Waals surface area contributed by atoms with Gasteiger partial charge in [-0.3, -0.25) is 14.4 Å². The minimum absolute atomic E-state index is 0.0617. The lowest BCUT2D eigenvalue weighted by Crippen LogP contribution is -2.22. The Labute approximate surface area is 171 Å². The van der Waals surface area contributed by atoms with Crippen molar-refractivity contribution in [2.45, 2.75) is 40.5 Å². The van der Waals surface area contributed by atoms with Gasteiger partial charge in [0.2, 0.25) is 17.7 Å². The van der Waals surface area contributed by atoms with Crippen LogP contribution in [0.25, 0.3) is 0 Å². The van der Waals surface area contributed by atoms with E-state index in [1.54, 1.807) is 32.0 Å². The Morgan fingerprint density at radius 3 is 1.69 bits per heavy atom. The Kier molecular flexibility index (Phi) is 7.77. The van der Waals surface area contributed by atoms with E-state index in [0.29, 0.717) is 24.2 Å². The van der Waals surface area contributed by atoms with Gasteiger partial charge in [0.25, 0.3) is 0 Å². The highest BCUT2D eigenvalue weighted by Gasteiger charge is 2.08. The summed E-state index contributed by atoms with van der Waals surface area (Å²) >= 11 is 0. The Hall–Kier alpha value is -3.35. The monoisotopic (exact) mass is 396 g/mol. The summed E-state index contributed by atoms with van der Waals surface area (Å²) in [4.78, 5) is 35.6. The van der Waals surface area contributed by atoms with Gasteiger partial charge in [-0.15, -0.1) is 0 Å². The summed E-state index contributed by atoms with van der Waals surface area (Å²) in [6.07, 6.45) is 0.786. The smallest absolute Gasteiger partial charge is 0.243 e. The molecule has 0 aliphatic carbocycles. The maximum absolute atomic E-state index is 12.3. The number of nitrogens with one attached hydrogen (secondary N) is 4. The summed E-state index contributed by atoms with van der Waals surface area (Å²) in [5.74, 6) is -0.363. The first-order valence-corrected chi connectivity index (χ1v) is 9.67. The van der Waals surface area contributed by atoms with Gasteiger partial charge in [-0.1, -0.05) is 26.0 Å². The summed E-state index contributed by atoms with van der Waals surface area (Å²) in [7, 11) is 0. The maximum Gasteiger partial charge on any atom is 0.243 e. The fourth-order valence-electron chi connectivity index (χ4n) is 2.57. The lowest BCUT2D eigenvalue weighted by molar-refractivity contribution is -0.116. The summed E-state index contributed by atoms with van der Waals surface area (Å²) in [5, 5.41) is 11.5. The van der Waals surface area contributed by atoms with Gasteiger partial charge in [-0.25, -0.2) is 0 Å². The molecular weight excluding hydrogens is 368 g/mol. The number of benzene rings is 2. The van der Waals surface area contributed by atoms with E-state index in [1.165, 1.54) is 0 Å². The second kappa shape index (κ2) is 10.3. The molecule has 0 unspecified atom stereocenters. The molecule has 0 fully saturated rings. The van der Waals surface area contributed by atoms with Crippen molar-refractivity contribution >= 4 is 40.5 Å². The first-order chi connectivity index (χ1) is 13.8. The quantitative estimate of drug-likeness (QED) is 0.541. The first kappa shape index (κ1) is 21.9. The van der Waals surface area contributed by atoms with Gasteiger partial charge in [-0.05, 0) is 49.2 Å². The van der Waals surface area contributed by atoms with Crippen molar-refractivity contribution in [3.63, 3.8) is 0 Å². The second-order valence-electron chi connectivity index (χ2n) is 6.76. The van der Waals surface area contributed by atoms with Crippen molar-refractivity contribution < 1.29 is 14.4 Å². The normalized spacial score (nSPS) is 10.2. The van der Waals surface area contributed by atoms with Gasteiger partial charge in [0.1, 0.15) is 0 Å². The van der Waals surface area contributed by atoms with E-state index < -0.39 is 0 Å². The van der Waals surface area contributed by atoms with Crippen LogP contribution in [0.5, 0.6) is 0 Å². The molecule has 0 aromatic heterocycles. The zero-order valence-electron chi connectivity index (χ0n) is 17.3. The van der Waals surface area contributed by atoms with E-state index in [2.05, 4.69) is 21.3 Å². The third kappa shape index (κ3) is 6.64. The molecule has 0 aliphatic rings. The van der Waals surface area contributed by atoms with Gasteiger partial charge in [0.05, 0.1) is 6.54 Å². The van der Waals surface area contributed by atoms with Gasteiger partial charge >= 0.3 is 0 Å². The molecule has 29 heavy (non-hydrogen) atoms. The average Bonchev–Trinajstić information content (AvgIpc) is 2.70. The molecule has 0 saturated carbocycles. The van der Waals surface area contributed by atoms with E-state index in [0.717, 1.165) is 22.5 Å². The van der Waals surface area contributed by atoms with Gasteiger partial charge in [-0.2, -0.15) is 0 Å². The molecule has 0 radical (unpaired) electrons. The van der Waals surface area contributed by atoms with Crippen LogP contribution in [0.2, 0.25) is 0 Å². The molecule has 154 valence electrons. The van der Waals surface area contributed by atoms with Gasteiger partial charge in [0, 0.05) is 35.6 Å². The standard InChI is InChI=1S/C22H28N4O3/c1-5-20(27)25-18-11-16(9-7-14(18)3)23-13-22(29)24-17-10-8-15(4)19(12-17)26-21(28)6-2/h7-12,23H,5-6,13H2,1-4H3,(H,24,29)(H,25,27)(H,26,28). The van der Waals surface area contributed by atoms with Crippen LogP contribution >= 0.6 is 0 Å². The van der Waals surface area contributed by atoms with Crippen LogP contribution in [0.4, 0.5) is 22.7 Å². The van der Waals surface area contributed by atoms with Crippen LogP contribution in [-0.4, -0.2) is 24.3 Å². The van der Waals surface area contributed by atoms with E-state index >= 15 is 0 Å². The van der Waals surface area contributed by atoms with E-state index in [9.17, 15) is 14.4 Å². The predicted octanol–water partition coefficient (Wildman–Crippen LogP) is 4.05. The SMILES string of the molecule is CCC(=O)Nc1cc(NCC(=O)Nc2ccc(C)c(NC(=O)CC)c2)ccc1C. The minimum atomic E-state index is -0.221. The summed E-state index contributed by atoms with van der Waals surface area (Å²) in [5.41, 5.74) is 4.60. The number of amides is 3. The Bertz CT molecular complexity index is 909. The number of hydrogen-bond donors (Lipinski definition) is 4. The van der Waals surface area contributed by atoms with Crippen molar-refractivity contribution in [3.05, 3.63) is 47.5 Å². The Morgan fingerprint density at radius 2 is 1.17 bits per heavy atom. The predicted molar refractivity (Wildman–Crippen MR) is 117 cm³/mol. The molecule has 2 aromatic carbocycles. The number of anilines is 4. The fraction of sp³-hybridized carbons (Fsp3) is 0.318. The van der Waals surface area contributed by atoms with Crippen molar-refractivity contribution in [2.24, 2.45) is 0 Å². The summed E-state index contributed by atoms with van der Waals surface area (Å²) < 4.78 is 0. The molecule has 0 atom stereocenters. The van der Waals surface area contributed by atoms with E-state index in [-0.39, 0.29) is 24.3 Å². The summed E-state index contributed by atoms with van der Waals surface area (Å²) in [6, 6.07) is 10.9. The number of carbonyl (C=O) groups is 3. The topological polar surface area (TPSA) is 99.3 Å². The van der Waals surface area contributed by atoms with Gasteiger partial charge in [0.15, 0.2) is 0 Å².